The predicted octanol–water partition coefficient (Wildman–Crippen LogP) is 3.26. The Morgan fingerprint density at radius 2 is 2.12 bits per heavy atom. The lowest BCUT2D eigenvalue weighted by Gasteiger charge is -2.29. The summed E-state index contributed by atoms with van der Waals surface area (Å²) in [5.74, 6) is 0.0930. The second kappa shape index (κ2) is 6.24. The Morgan fingerprint density at radius 1 is 1.27 bits per heavy atom. The summed E-state index contributed by atoms with van der Waals surface area (Å²) >= 11 is 0. The van der Waals surface area contributed by atoms with Crippen LogP contribution in [0.25, 0.3) is 5.78 Å². The molecule has 1 aromatic carbocycles. The number of benzene rings is 1. The molecule has 26 heavy (non-hydrogen) atoms. The van der Waals surface area contributed by atoms with E-state index in [1.165, 1.54) is 16.4 Å². The third-order valence-corrected chi connectivity index (χ3v) is 4.60. The Morgan fingerprint density at radius 3 is 2.88 bits per heavy atom. The van der Waals surface area contributed by atoms with Gasteiger partial charge in [0.1, 0.15) is 12.1 Å². The first kappa shape index (κ1) is 16.8. The predicted molar refractivity (Wildman–Crippen MR) is 90.2 cm³/mol. The summed E-state index contributed by atoms with van der Waals surface area (Å²) < 4.78 is 40.7. The molecular formula is C17H17F3N6. The van der Waals surface area contributed by atoms with Gasteiger partial charge in [-0.25, -0.2) is 4.98 Å². The molecule has 0 bridgehead atoms. The first-order valence-electron chi connectivity index (χ1n) is 8.34. The van der Waals surface area contributed by atoms with Crippen molar-refractivity contribution in [2.24, 2.45) is 0 Å². The van der Waals surface area contributed by atoms with Crippen LogP contribution in [0.3, 0.4) is 0 Å². The van der Waals surface area contributed by atoms with Crippen molar-refractivity contribution in [3.05, 3.63) is 47.4 Å². The highest BCUT2D eigenvalue weighted by atomic mass is 19.4. The standard InChI is InChI=1S/C17H17F3N6/c1-2-25-7-6-12-11(9-25)4-3-5-13(12)23-15-8-14(17(18,19)20)24-16-21-10-22-26(15)16/h3-5,8,10,23H,2,6-7,9H2,1H3. The second-order valence-electron chi connectivity index (χ2n) is 6.18. The summed E-state index contributed by atoms with van der Waals surface area (Å²) in [6, 6.07) is 6.80. The normalized spacial score (nSPS) is 15.2. The van der Waals surface area contributed by atoms with Gasteiger partial charge in [-0.05, 0) is 30.2 Å². The first-order chi connectivity index (χ1) is 12.5. The summed E-state index contributed by atoms with van der Waals surface area (Å²) in [5, 5.41) is 7.09. The first-order valence-corrected chi connectivity index (χ1v) is 8.34. The number of rotatable bonds is 3. The molecule has 0 fully saturated rings. The highest BCUT2D eigenvalue weighted by Gasteiger charge is 2.34. The lowest BCUT2D eigenvalue weighted by Crippen LogP contribution is -2.30. The van der Waals surface area contributed by atoms with Crippen molar-refractivity contribution in [1.29, 1.82) is 0 Å². The Bertz CT molecular complexity index is 949. The topological polar surface area (TPSA) is 58.3 Å². The molecule has 0 saturated heterocycles. The van der Waals surface area contributed by atoms with Gasteiger partial charge in [0.15, 0.2) is 5.69 Å². The minimum atomic E-state index is -4.55. The number of alkyl halides is 3. The highest BCUT2D eigenvalue weighted by Crippen LogP contribution is 2.32. The van der Waals surface area contributed by atoms with Crippen LogP contribution < -0.4 is 5.32 Å². The van der Waals surface area contributed by atoms with Crippen molar-refractivity contribution in [3.8, 4) is 0 Å². The van der Waals surface area contributed by atoms with Crippen LogP contribution in [-0.4, -0.2) is 37.6 Å². The van der Waals surface area contributed by atoms with Crippen LogP contribution in [0.4, 0.5) is 24.7 Å². The summed E-state index contributed by atoms with van der Waals surface area (Å²) in [5.41, 5.74) is 2.09. The van der Waals surface area contributed by atoms with Crippen molar-refractivity contribution in [1.82, 2.24) is 24.5 Å². The van der Waals surface area contributed by atoms with E-state index >= 15 is 0 Å². The van der Waals surface area contributed by atoms with Crippen molar-refractivity contribution < 1.29 is 13.2 Å². The zero-order chi connectivity index (χ0) is 18.3. The fourth-order valence-electron chi connectivity index (χ4n) is 3.24. The van der Waals surface area contributed by atoms with Gasteiger partial charge in [-0.15, -0.1) is 0 Å². The zero-order valence-electron chi connectivity index (χ0n) is 14.1. The molecule has 1 aliphatic heterocycles. The van der Waals surface area contributed by atoms with E-state index in [1.54, 1.807) is 0 Å². The molecule has 9 heteroatoms. The third-order valence-electron chi connectivity index (χ3n) is 4.60. The summed E-state index contributed by atoms with van der Waals surface area (Å²) in [6.45, 7) is 4.84. The molecule has 0 saturated carbocycles. The zero-order valence-corrected chi connectivity index (χ0v) is 14.1. The van der Waals surface area contributed by atoms with Gasteiger partial charge in [0.2, 0.25) is 0 Å². The van der Waals surface area contributed by atoms with Crippen molar-refractivity contribution in [2.45, 2.75) is 26.1 Å². The fourth-order valence-corrected chi connectivity index (χ4v) is 3.24. The number of hydrogen-bond acceptors (Lipinski definition) is 5. The number of fused-ring (bicyclic) bond motifs is 2. The molecule has 0 aliphatic carbocycles. The molecule has 0 atom stereocenters. The molecule has 3 heterocycles. The molecule has 3 aromatic rings. The molecule has 136 valence electrons. The maximum Gasteiger partial charge on any atom is 0.433 e. The molecule has 4 rings (SSSR count). The monoisotopic (exact) mass is 362 g/mol. The minimum Gasteiger partial charge on any atom is -0.340 e. The summed E-state index contributed by atoms with van der Waals surface area (Å²) in [7, 11) is 0. The maximum absolute atomic E-state index is 13.1. The molecule has 6 nitrogen and oxygen atoms in total. The average molecular weight is 362 g/mol. The number of nitrogens with zero attached hydrogens (tertiary/aromatic N) is 5. The van der Waals surface area contributed by atoms with Crippen LogP contribution in [0.2, 0.25) is 0 Å². The smallest absolute Gasteiger partial charge is 0.340 e. The van der Waals surface area contributed by atoms with E-state index in [4.69, 9.17) is 0 Å². The number of hydrogen-bond donors (Lipinski definition) is 1. The lowest BCUT2D eigenvalue weighted by atomic mass is 9.97. The van der Waals surface area contributed by atoms with E-state index in [-0.39, 0.29) is 11.6 Å². The van der Waals surface area contributed by atoms with Gasteiger partial charge in [-0.1, -0.05) is 19.1 Å². The number of likely N-dealkylation sites (N-methyl/N-ethyl adjacent to an activating group) is 1. The van der Waals surface area contributed by atoms with Gasteiger partial charge in [-0.2, -0.15) is 27.8 Å². The van der Waals surface area contributed by atoms with E-state index in [0.29, 0.717) is 0 Å². The van der Waals surface area contributed by atoms with Gasteiger partial charge in [-0.3, -0.25) is 4.90 Å². The van der Waals surface area contributed by atoms with Crippen LogP contribution in [0.1, 0.15) is 23.7 Å². The molecular weight excluding hydrogens is 345 g/mol. The van der Waals surface area contributed by atoms with Gasteiger partial charge in [0.05, 0.1) is 0 Å². The molecule has 1 N–H and O–H groups in total. The second-order valence-corrected chi connectivity index (χ2v) is 6.18. The Hall–Kier alpha value is -2.68. The van der Waals surface area contributed by atoms with E-state index in [2.05, 4.69) is 38.3 Å². The Labute approximate surface area is 147 Å². The summed E-state index contributed by atoms with van der Waals surface area (Å²) in [4.78, 5) is 9.66. The number of aromatic nitrogens is 4. The van der Waals surface area contributed by atoms with Crippen LogP contribution in [0.15, 0.2) is 30.6 Å². The lowest BCUT2D eigenvalue weighted by molar-refractivity contribution is -0.141. The van der Waals surface area contributed by atoms with E-state index in [0.717, 1.165) is 43.4 Å². The number of halogens is 3. The van der Waals surface area contributed by atoms with E-state index in [1.807, 2.05) is 12.1 Å². The van der Waals surface area contributed by atoms with Gasteiger partial charge in [0, 0.05) is 24.8 Å². The third kappa shape index (κ3) is 2.98. The van der Waals surface area contributed by atoms with Crippen molar-refractivity contribution in [2.75, 3.05) is 18.4 Å². The van der Waals surface area contributed by atoms with E-state index in [9.17, 15) is 13.2 Å². The molecule has 0 spiro atoms. The maximum atomic E-state index is 13.1. The molecule has 0 amide bonds. The average Bonchev–Trinajstić information content (AvgIpc) is 3.09. The molecule has 0 unspecified atom stereocenters. The van der Waals surface area contributed by atoms with E-state index < -0.39 is 11.9 Å². The van der Waals surface area contributed by atoms with Gasteiger partial charge in [0.25, 0.3) is 5.78 Å². The Balaban J connectivity index is 1.76. The van der Waals surface area contributed by atoms with Crippen molar-refractivity contribution in [3.63, 3.8) is 0 Å². The number of anilines is 2. The van der Waals surface area contributed by atoms with Crippen LogP contribution in [0.5, 0.6) is 0 Å². The highest BCUT2D eigenvalue weighted by molar-refractivity contribution is 5.64. The molecule has 2 aromatic heterocycles. The molecule has 0 radical (unpaired) electrons. The molecule has 1 aliphatic rings. The quantitative estimate of drug-likeness (QED) is 0.775. The fraction of sp³-hybridized carbons (Fsp3) is 0.353. The Kier molecular flexibility index (Phi) is 4.03. The van der Waals surface area contributed by atoms with Crippen LogP contribution in [0, 0.1) is 0 Å². The number of nitrogens with one attached hydrogen (secondary N) is 1. The summed E-state index contributed by atoms with van der Waals surface area (Å²) in [6.07, 6.45) is -2.53. The van der Waals surface area contributed by atoms with Crippen molar-refractivity contribution >= 4 is 17.3 Å². The largest absolute Gasteiger partial charge is 0.433 e. The van der Waals surface area contributed by atoms with Gasteiger partial charge < -0.3 is 5.32 Å². The SMILES string of the molecule is CCN1CCc2c(cccc2Nc2cc(C(F)(F)F)nc3ncnn23)C1. The van der Waals surface area contributed by atoms with Crippen LogP contribution >= 0.6 is 0 Å². The minimum absolute atomic E-state index is 0.0933. The van der Waals surface area contributed by atoms with Gasteiger partial charge >= 0.3 is 6.18 Å². The van der Waals surface area contributed by atoms with Crippen LogP contribution in [-0.2, 0) is 19.1 Å².